The molecule has 9 heteroatoms. The molecule has 1 amide bonds. The number of rotatable bonds is 5. The number of hydrogen-bond acceptors (Lipinski definition) is 5. The molecule has 0 aliphatic carbocycles. The lowest BCUT2D eigenvalue weighted by Crippen LogP contribution is -2.39. The first-order valence-corrected chi connectivity index (χ1v) is 8.93. The van der Waals surface area contributed by atoms with Crippen molar-refractivity contribution in [3.05, 3.63) is 66.0 Å². The minimum atomic E-state index is -0.878. The molecule has 1 saturated heterocycles. The molecule has 1 atom stereocenters. The number of halogens is 2. The highest BCUT2D eigenvalue weighted by Crippen LogP contribution is 2.24. The Morgan fingerprint density at radius 3 is 2.89 bits per heavy atom. The Balaban J connectivity index is 1.47. The van der Waals surface area contributed by atoms with Gasteiger partial charge >= 0.3 is 0 Å². The Labute approximate surface area is 160 Å². The van der Waals surface area contributed by atoms with Crippen molar-refractivity contribution in [1.29, 1.82) is 0 Å². The predicted octanol–water partition coefficient (Wildman–Crippen LogP) is 2.54. The number of nitrogens with zero attached hydrogens (tertiary/aromatic N) is 5. The number of benzene rings is 2. The van der Waals surface area contributed by atoms with E-state index in [0.717, 1.165) is 12.5 Å². The van der Waals surface area contributed by atoms with Crippen LogP contribution in [0.5, 0.6) is 0 Å². The van der Waals surface area contributed by atoms with Crippen LogP contribution in [0.15, 0.2) is 48.8 Å². The first-order chi connectivity index (χ1) is 13.6. The molecule has 144 valence electrons. The molecule has 1 N–H and O–H groups in total. The van der Waals surface area contributed by atoms with Gasteiger partial charge in [0.2, 0.25) is 5.91 Å². The van der Waals surface area contributed by atoms with Crippen LogP contribution in [0.25, 0.3) is 5.69 Å². The highest BCUT2D eigenvalue weighted by atomic mass is 19.2. The molecule has 7 nitrogen and oxygen atoms in total. The van der Waals surface area contributed by atoms with E-state index in [1.165, 1.54) is 17.1 Å². The molecule has 3 aromatic rings. The number of nitrogens with one attached hydrogen (secondary N) is 1. The van der Waals surface area contributed by atoms with Crippen molar-refractivity contribution >= 4 is 11.6 Å². The summed E-state index contributed by atoms with van der Waals surface area (Å²) in [6, 6.07) is 10.9. The van der Waals surface area contributed by atoms with E-state index in [4.69, 9.17) is 0 Å². The van der Waals surface area contributed by atoms with E-state index in [9.17, 15) is 13.6 Å². The van der Waals surface area contributed by atoms with E-state index >= 15 is 0 Å². The van der Waals surface area contributed by atoms with Crippen LogP contribution in [0.4, 0.5) is 14.5 Å². The SMILES string of the molecule is O=C(Nc1cccc(-n2cnnn2)c1)C1CCCN1Cc1cccc(F)c1F. The predicted molar refractivity (Wildman–Crippen MR) is 97.6 cm³/mol. The number of anilines is 1. The molecule has 1 fully saturated rings. The summed E-state index contributed by atoms with van der Waals surface area (Å²) in [5, 5.41) is 13.9. The average molecular weight is 384 g/mol. The van der Waals surface area contributed by atoms with Crippen LogP contribution in [0.1, 0.15) is 18.4 Å². The van der Waals surface area contributed by atoms with Crippen molar-refractivity contribution in [2.45, 2.75) is 25.4 Å². The Kier molecular flexibility index (Phi) is 5.07. The fourth-order valence-corrected chi connectivity index (χ4v) is 3.43. The lowest BCUT2D eigenvalue weighted by molar-refractivity contribution is -0.120. The zero-order chi connectivity index (χ0) is 19.5. The number of carbonyl (C=O) groups is 1. The Morgan fingerprint density at radius 1 is 1.21 bits per heavy atom. The smallest absolute Gasteiger partial charge is 0.241 e. The van der Waals surface area contributed by atoms with Crippen LogP contribution in [0, 0.1) is 11.6 Å². The van der Waals surface area contributed by atoms with Gasteiger partial charge in [-0.2, -0.15) is 0 Å². The summed E-state index contributed by atoms with van der Waals surface area (Å²) < 4.78 is 28.9. The monoisotopic (exact) mass is 384 g/mol. The van der Waals surface area contributed by atoms with E-state index in [1.54, 1.807) is 24.3 Å². The molecule has 0 saturated carbocycles. The molecule has 2 aromatic carbocycles. The lowest BCUT2D eigenvalue weighted by atomic mass is 10.1. The number of hydrogen-bond donors (Lipinski definition) is 1. The topological polar surface area (TPSA) is 75.9 Å². The first kappa shape index (κ1) is 18.2. The average Bonchev–Trinajstić information content (AvgIpc) is 3.38. The zero-order valence-electron chi connectivity index (χ0n) is 14.9. The summed E-state index contributed by atoms with van der Waals surface area (Å²) in [6.45, 7) is 0.838. The molecular weight excluding hydrogens is 366 g/mol. The molecule has 2 heterocycles. The number of likely N-dealkylation sites (tertiary alicyclic amines) is 1. The van der Waals surface area contributed by atoms with Crippen molar-refractivity contribution in [3.8, 4) is 5.69 Å². The minimum absolute atomic E-state index is 0.178. The fraction of sp³-hybridized carbons (Fsp3) is 0.263. The Morgan fingerprint density at radius 2 is 2.07 bits per heavy atom. The van der Waals surface area contributed by atoms with E-state index in [1.807, 2.05) is 11.0 Å². The molecule has 0 bridgehead atoms. The molecule has 1 unspecified atom stereocenters. The minimum Gasteiger partial charge on any atom is -0.325 e. The van der Waals surface area contributed by atoms with Crippen LogP contribution in [-0.4, -0.2) is 43.6 Å². The number of aromatic nitrogens is 4. The summed E-state index contributed by atoms with van der Waals surface area (Å²) in [7, 11) is 0. The fourth-order valence-electron chi connectivity index (χ4n) is 3.43. The summed E-state index contributed by atoms with van der Waals surface area (Å²) in [5.74, 6) is -1.91. The van der Waals surface area contributed by atoms with Gasteiger partial charge in [0, 0.05) is 17.8 Å². The highest BCUT2D eigenvalue weighted by molar-refractivity contribution is 5.95. The van der Waals surface area contributed by atoms with Crippen molar-refractivity contribution in [1.82, 2.24) is 25.1 Å². The van der Waals surface area contributed by atoms with Gasteiger partial charge in [0.1, 0.15) is 6.33 Å². The van der Waals surface area contributed by atoms with Crippen LogP contribution in [0.2, 0.25) is 0 Å². The zero-order valence-corrected chi connectivity index (χ0v) is 14.9. The molecule has 4 rings (SSSR count). The van der Waals surface area contributed by atoms with Crippen molar-refractivity contribution in [2.75, 3.05) is 11.9 Å². The summed E-state index contributed by atoms with van der Waals surface area (Å²) in [4.78, 5) is 14.7. The summed E-state index contributed by atoms with van der Waals surface area (Å²) >= 11 is 0. The van der Waals surface area contributed by atoms with Crippen molar-refractivity contribution in [3.63, 3.8) is 0 Å². The molecule has 1 aliphatic heterocycles. The standard InChI is InChI=1S/C19H18F2N6O/c20-16-7-1-4-13(18(16)21)11-26-9-3-8-17(26)19(28)23-14-5-2-6-15(10-14)27-12-22-24-25-27/h1-2,4-7,10,12,17H,3,8-9,11H2,(H,23,28). The number of amides is 1. The molecule has 28 heavy (non-hydrogen) atoms. The van der Waals surface area contributed by atoms with Crippen molar-refractivity contribution < 1.29 is 13.6 Å². The maximum atomic E-state index is 14.0. The van der Waals surface area contributed by atoms with Crippen LogP contribution < -0.4 is 5.32 Å². The quantitative estimate of drug-likeness (QED) is 0.732. The Hall–Kier alpha value is -3.20. The van der Waals surface area contributed by atoms with Crippen LogP contribution in [0.3, 0.4) is 0 Å². The third-order valence-electron chi connectivity index (χ3n) is 4.80. The van der Waals surface area contributed by atoms with E-state index in [2.05, 4.69) is 20.8 Å². The van der Waals surface area contributed by atoms with E-state index in [0.29, 0.717) is 24.3 Å². The molecule has 0 radical (unpaired) electrons. The first-order valence-electron chi connectivity index (χ1n) is 8.93. The summed E-state index contributed by atoms with van der Waals surface area (Å²) in [6.07, 6.45) is 2.95. The van der Waals surface area contributed by atoms with Gasteiger partial charge in [-0.3, -0.25) is 9.69 Å². The molecular formula is C19H18F2N6O. The highest BCUT2D eigenvalue weighted by Gasteiger charge is 2.31. The summed E-state index contributed by atoms with van der Waals surface area (Å²) in [5.41, 5.74) is 1.58. The maximum absolute atomic E-state index is 14.0. The maximum Gasteiger partial charge on any atom is 0.241 e. The largest absolute Gasteiger partial charge is 0.325 e. The molecule has 1 aromatic heterocycles. The number of carbonyl (C=O) groups excluding carboxylic acids is 1. The third kappa shape index (κ3) is 3.74. The lowest BCUT2D eigenvalue weighted by Gasteiger charge is -2.24. The van der Waals surface area contributed by atoms with Crippen LogP contribution >= 0.6 is 0 Å². The van der Waals surface area contributed by atoms with Gasteiger partial charge in [0.25, 0.3) is 0 Å². The van der Waals surface area contributed by atoms with Gasteiger partial charge in [0.05, 0.1) is 11.7 Å². The second-order valence-corrected chi connectivity index (χ2v) is 6.64. The van der Waals surface area contributed by atoms with E-state index in [-0.39, 0.29) is 18.0 Å². The molecule has 0 spiro atoms. The Bertz CT molecular complexity index is 978. The van der Waals surface area contributed by atoms with E-state index < -0.39 is 17.7 Å². The second kappa shape index (κ2) is 7.81. The number of tetrazole rings is 1. The van der Waals surface area contributed by atoms with Gasteiger partial charge in [0.15, 0.2) is 11.6 Å². The van der Waals surface area contributed by atoms with Gasteiger partial charge in [-0.15, -0.1) is 5.10 Å². The van der Waals surface area contributed by atoms with Gasteiger partial charge in [-0.25, -0.2) is 13.5 Å². The van der Waals surface area contributed by atoms with Crippen molar-refractivity contribution in [2.24, 2.45) is 0 Å². The molecule has 1 aliphatic rings. The normalized spacial score (nSPS) is 17.0. The van der Waals surface area contributed by atoms with Gasteiger partial charge in [-0.1, -0.05) is 18.2 Å². The van der Waals surface area contributed by atoms with Gasteiger partial charge < -0.3 is 5.32 Å². The van der Waals surface area contributed by atoms with Gasteiger partial charge in [-0.05, 0) is 54.1 Å². The van der Waals surface area contributed by atoms with Crippen LogP contribution in [-0.2, 0) is 11.3 Å². The second-order valence-electron chi connectivity index (χ2n) is 6.64. The third-order valence-corrected chi connectivity index (χ3v) is 4.80.